The van der Waals surface area contributed by atoms with Gasteiger partial charge in [0.2, 0.25) is 5.91 Å². The Morgan fingerprint density at radius 3 is 2.33 bits per heavy atom. The highest BCUT2D eigenvalue weighted by atomic mass is 32.1. The maximum absolute atomic E-state index is 12.3. The van der Waals surface area contributed by atoms with Gasteiger partial charge in [-0.25, -0.2) is 9.78 Å². The van der Waals surface area contributed by atoms with Crippen LogP contribution in [0.3, 0.4) is 0 Å². The Labute approximate surface area is 161 Å². The number of ether oxygens (including phenoxy) is 1. The van der Waals surface area contributed by atoms with Crippen molar-refractivity contribution >= 4 is 33.5 Å². The molecule has 0 spiro atoms. The number of benzene rings is 2. The Kier molecular flexibility index (Phi) is 6.17. The van der Waals surface area contributed by atoms with E-state index in [2.05, 4.69) is 20.4 Å². The molecule has 0 radical (unpaired) electrons. The molecular formula is C20H19N3O3S. The highest BCUT2D eigenvalue weighted by Gasteiger charge is 2.17. The van der Waals surface area contributed by atoms with E-state index in [0.29, 0.717) is 28.7 Å². The number of anilines is 2. The number of carbonyl (C=O) groups is 2. The summed E-state index contributed by atoms with van der Waals surface area (Å²) in [6.07, 6.45) is 0.415. The maximum Gasteiger partial charge on any atom is 0.412 e. The van der Waals surface area contributed by atoms with Crippen molar-refractivity contribution in [1.29, 1.82) is 0 Å². The first kappa shape index (κ1) is 18.6. The molecular weight excluding hydrogens is 362 g/mol. The van der Waals surface area contributed by atoms with Gasteiger partial charge < -0.3 is 10.1 Å². The number of hydrogen-bond donors (Lipinski definition) is 2. The normalized spacial score (nSPS) is 10.3. The molecule has 6 nitrogen and oxygen atoms in total. The summed E-state index contributed by atoms with van der Waals surface area (Å²) in [4.78, 5) is 28.4. The molecule has 0 fully saturated rings. The Morgan fingerprint density at radius 1 is 1.00 bits per heavy atom. The molecule has 2 aromatic carbocycles. The van der Waals surface area contributed by atoms with Crippen LogP contribution < -0.4 is 10.6 Å². The largest absolute Gasteiger partial charge is 0.453 e. The Morgan fingerprint density at radius 2 is 1.67 bits per heavy atom. The number of aryl methyl sites for hydroxylation is 1. The second-order valence-electron chi connectivity index (χ2n) is 5.71. The highest BCUT2D eigenvalue weighted by molar-refractivity contribution is 7.20. The molecule has 3 aromatic rings. The lowest BCUT2D eigenvalue weighted by Crippen LogP contribution is -2.12. The summed E-state index contributed by atoms with van der Waals surface area (Å²) in [7, 11) is 1.30. The fraction of sp³-hybridized carbons (Fsp3) is 0.150. The molecule has 138 valence electrons. The predicted molar refractivity (Wildman–Crippen MR) is 107 cm³/mol. The Hall–Kier alpha value is -3.19. The van der Waals surface area contributed by atoms with Crippen LogP contribution in [0.4, 0.5) is 14.9 Å². The summed E-state index contributed by atoms with van der Waals surface area (Å²) in [6.45, 7) is 0. The third-order valence-electron chi connectivity index (χ3n) is 3.81. The van der Waals surface area contributed by atoms with E-state index < -0.39 is 6.09 Å². The molecule has 0 aliphatic rings. The van der Waals surface area contributed by atoms with Crippen molar-refractivity contribution in [3.63, 3.8) is 0 Å². The zero-order valence-corrected chi connectivity index (χ0v) is 15.6. The highest BCUT2D eigenvalue weighted by Crippen LogP contribution is 2.36. The quantitative estimate of drug-likeness (QED) is 0.656. The van der Waals surface area contributed by atoms with Gasteiger partial charge in [-0.3, -0.25) is 10.1 Å². The maximum atomic E-state index is 12.3. The van der Waals surface area contributed by atoms with E-state index in [-0.39, 0.29) is 5.91 Å². The monoisotopic (exact) mass is 381 g/mol. The molecule has 1 heterocycles. The molecule has 0 atom stereocenters. The number of rotatable bonds is 6. The van der Waals surface area contributed by atoms with Crippen LogP contribution in [0, 0.1) is 0 Å². The minimum Gasteiger partial charge on any atom is -0.453 e. The van der Waals surface area contributed by atoms with Gasteiger partial charge in [0, 0.05) is 12.0 Å². The second kappa shape index (κ2) is 8.95. The molecule has 0 saturated carbocycles. The van der Waals surface area contributed by atoms with E-state index in [4.69, 9.17) is 0 Å². The van der Waals surface area contributed by atoms with Crippen LogP contribution >= 0.6 is 11.3 Å². The minimum atomic E-state index is -0.585. The standard InChI is InChI=1S/C20H19N3O3S/c1-26-20(25)23-18-17(15-10-6-3-7-11-15)22-19(27-18)21-16(24)13-12-14-8-4-2-5-9-14/h2-11H,12-13H2,1H3,(H,23,25)(H,21,22,24). The van der Waals surface area contributed by atoms with Crippen LogP contribution in [0.5, 0.6) is 0 Å². The van der Waals surface area contributed by atoms with E-state index in [1.807, 2.05) is 60.7 Å². The van der Waals surface area contributed by atoms with Gasteiger partial charge in [0.25, 0.3) is 0 Å². The summed E-state index contributed by atoms with van der Waals surface area (Å²) >= 11 is 1.19. The number of nitrogens with zero attached hydrogens (tertiary/aromatic N) is 1. The van der Waals surface area contributed by atoms with Gasteiger partial charge in [0.05, 0.1) is 7.11 Å². The molecule has 27 heavy (non-hydrogen) atoms. The number of hydrogen-bond acceptors (Lipinski definition) is 5. The molecule has 0 bridgehead atoms. The Balaban J connectivity index is 1.73. The lowest BCUT2D eigenvalue weighted by atomic mass is 10.1. The van der Waals surface area contributed by atoms with Crippen LogP contribution in [0.25, 0.3) is 11.3 Å². The molecule has 2 amide bonds. The third-order valence-corrected chi connectivity index (χ3v) is 4.69. The van der Waals surface area contributed by atoms with Crippen molar-refractivity contribution in [2.24, 2.45) is 0 Å². The van der Waals surface area contributed by atoms with Gasteiger partial charge in [-0.05, 0) is 12.0 Å². The molecule has 0 unspecified atom stereocenters. The first-order valence-corrected chi connectivity index (χ1v) is 9.22. The van der Waals surface area contributed by atoms with Crippen molar-refractivity contribution in [3.8, 4) is 11.3 Å². The fourth-order valence-electron chi connectivity index (χ4n) is 2.48. The summed E-state index contributed by atoms with van der Waals surface area (Å²) in [5.41, 5.74) is 2.53. The summed E-state index contributed by atoms with van der Waals surface area (Å²) < 4.78 is 4.66. The van der Waals surface area contributed by atoms with Crippen LogP contribution in [0.2, 0.25) is 0 Å². The Bertz CT molecular complexity index is 911. The molecule has 2 N–H and O–H groups in total. The van der Waals surface area contributed by atoms with Crippen LogP contribution in [0.1, 0.15) is 12.0 Å². The lowest BCUT2D eigenvalue weighted by Gasteiger charge is -2.03. The first-order valence-electron chi connectivity index (χ1n) is 8.40. The molecule has 7 heteroatoms. The van der Waals surface area contributed by atoms with E-state index in [1.165, 1.54) is 18.4 Å². The van der Waals surface area contributed by atoms with Gasteiger partial charge in [-0.2, -0.15) is 0 Å². The molecule has 0 aliphatic heterocycles. The number of amides is 2. The average molecular weight is 381 g/mol. The van der Waals surface area contributed by atoms with Crippen LogP contribution in [-0.4, -0.2) is 24.1 Å². The fourth-order valence-corrected chi connectivity index (χ4v) is 3.37. The van der Waals surface area contributed by atoms with Crippen LogP contribution in [-0.2, 0) is 16.0 Å². The molecule has 0 saturated heterocycles. The van der Waals surface area contributed by atoms with Gasteiger partial charge in [0.15, 0.2) is 5.13 Å². The number of nitrogens with one attached hydrogen (secondary N) is 2. The van der Waals surface area contributed by atoms with E-state index >= 15 is 0 Å². The lowest BCUT2D eigenvalue weighted by molar-refractivity contribution is -0.116. The average Bonchev–Trinajstić information content (AvgIpc) is 3.09. The van der Waals surface area contributed by atoms with Gasteiger partial charge in [-0.1, -0.05) is 72.0 Å². The first-order chi connectivity index (χ1) is 13.2. The molecule has 0 aliphatic carbocycles. The topological polar surface area (TPSA) is 80.3 Å². The van der Waals surface area contributed by atoms with Crippen LogP contribution in [0.15, 0.2) is 60.7 Å². The van der Waals surface area contributed by atoms with E-state index in [0.717, 1.165) is 11.1 Å². The second-order valence-corrected chi connectivity index (χ2v) is 6.71. The number of thiazole rings is 1. The van der Waals surface area contributed by atoms with Crippen molar-refractivity contribution < 1.29 is 14.3 Å². The summed E-state index contributed by atoms with van der Waals surface area (Å²) in [5, 5.41) is 6.41. The van der Waals surface area contributed by atoms with Crippen molar-refractivity contribution in [1.82, 2.24) is 4.98 Å². The van der Waals surface area contributed by atoms with E-state index in [1.54, 1.807) is 0 Å². The summed E-state index contributed by atoms with van der Waals surface area (Å²) in [6, 6.07) is 19.3. The number of carbonyl (C=O) groups excluding carboxylic acids is 2. The van der Waals surface area contributed by atoms with Gasteiger partial charge in [0.1, 0.15) is 10.7 Å². The van der Waals surface area contributed by atoms with Crippen molar-refractivity contribution in [2.75, 3.05) is 17.7 Å². The third kappa shape index (κ3) is 5.15. The van der Waals surface area contributed by atoms with Crippen molar-refractivity contribution in [2.45, 2.75) is 12.8 Å². The smallest absolute Gasteiger partial charge is 0.412 e. The van der Waals surface area contributed by atoms with Gasteiger partial charge in [-0.15, -0.1) is 0 Å². The molecule has 1 aromatic heterocycles. The zero-order chi connectivity index (χ0) is 19.1. The SMILES string of the molecule is COC(=O)Nc1sc(NC(=O)CCc2ccccc2)nc1-c1ccccc1. The predicted octanol–water partition coefficient (Wildman–Crippen LogP) is 4.56. The van der Waals surface area contributed by atoms with Crippen molar-refractivity contribution in [3.05, 3.63) is 66.2 Å². The minimum absolute atomic E-state index is 0.128. The molecule has 3 rings (SSSR count). The number of methoxy groups -OCH3 is 1. The van der Waals surface area contributed by atoms with E-state index in [9.17, 15) is 9.59 Å². The number of aromatic nitrogens is 1. The zero-order valence-electron chi connectivity index (χ0n) is 14.8. The van der Waals surface area contributed by atoms with Gasteiger partial charge >= 0.3 is 6.09 Å². The summed E-state index contributed by atoms with van der Waals surface area (Å²) in [5.74, 6) is -0.128.